The highest BCUT2D eigenvalue weighted by atomic mass is 79.9. The first-order valence-corrected chi connectivity index (χ1v) is 7.77. The molecule has 2 aromatic rings. The van der Waals surface area contributed by atoms with Crippen molar-refractivity contribution in [1.29, 1.82) is 0 Å². The Balaban J connectivity index is 2.12. The van der Waals surface area contributed by atoms with Gasteiger partial charge in [-0.3, -0.25) is 0 Å². The van der Waals surface area contributed by atoms with E-state index < -0.39 is 11.9 Å². The molecule has 0 aliphatic carbocycles. The molecule has 1 unspecified atom stereocenters. The summed E-state index contributed by atoms with van der Waals surface area (Å²) >= 11 is 3.29. The van der Waals surface area contributed by atoms with Gasteiger partial charge in [-0.2, -0.15) is 0 Å². The lowest BCUT2D eigenvalue weighted by Gasteiger charge is -2.14. The Labute approximate surface area is 132 Å². The third-order valence-corrected chi connectivity index (χ3v) is 3.71. The lowest BCUT2D eigenvalue weighted by molar-refractivity contribution is 0.214. The van der Waals surface area contributed by atoms with Crippen LogP contribution in [-0.4, -0.2) is 11.7 Å². The highest BCUT2D eigenvalue weighted by Crippen LogP contribution is 2.28. The standard InChI is InChI=1S/C17H18BrFO2/c1-2-3-10-21-14-7-4-12(5-8-14)17(20)15-11-13(18)6-9-16(15)19/h4-9,11,17,20H,2-3,10H2,1H3. The summed E-state index contributed by atoms with van der Waals surface area (Å²) in [5.41, 5.74) is 0.888. The van der Waals surface area contributed by atoms with Gasteiger partial charge in [-0.15, -0.1) is 0 Å². The van der Waals surface area contributed by atoms with Crippen LogP contribution in [0, 0.1) is 5.82 Å². The normalized spacial score (nSPS) is 12.2. The Morgan fingerprint density at radius 3 is 2.57 bits per heavy atom. The number of benzene rings is 2. The number of unbranched alkanes of at least 4 members (excludes halogenated alkanes) is 1. The van der Waals surface area contributed by atoms with Gasteiger partial charge in [0.25, 0.3) is 0 Å². The fourth-order valence-corrected chi connectivity index (χ4v) is 2.36. The topological polar surface area (TPSA) is 29.5 Å². The smallest absolute Gasteiger partial charge is 0.129 e. The second kappa shape index (κ2) is 7.57. The molecule has 2 nitrogen and oxygen atoms in total. The van der Waals surface area contributed by atoms with Crippen molar-refractivity contribution in [3.8, 4) is 5.75 Å². The Morgan fingerprint density at radius 1 is 1.19 bits per heavy atom. The first-order chi connectivity index (χ1) is 10.1. The summed E-state index contributed by atoms with van der Waals surface area (Å²) in [6.45, 7) is 2.79. The highest BCUT2D eigenvalue weighted by molar-refractivity contribution is 9.10. The van der Waals surface area contributed by atoms with Gasteiger partial charge in [-0.1, -0.05) is 41.4 Å². The molecule has 0 saturated heterocycles. The van der Waals surface area contributed by atoms with Gasteiger partial charge >= 0.3 is 0 Å². The molecule has 0 fully saturated rings. The molecule has 0 bridgehead atoms. The molecular formula is C17H18BrFO2. The lowest BCUT2D eigenvalue weighted by atomic mass is 10.0. The molecule has 0 aliphatic heterocycles. The Bertz CT molecular complexity index is 584. The van der Waals surface area contributed by atoms with E-state index >= 15 is 0 Å². The van der Waals surface area contributed by atoms with Gasteiger partial charge in [0.05, 0.1) is 6.61 Å². The van der Waals surface area contributed by atoms with Crippen LogP contribution in [0.15, 0.2) is 46.9 Å². The maximum absolute atomic E-state index is 13.8. The van der Waals surface area contributed by atoms with Gasteiger partial charge in [0.15, 0.2) is 0 Å². The third kappa shape index (κ3) is 4.29. The van der Waals surface area contributed by atoms with Crippen molar-refractivity contribution in [2.75, 3.05) is 6.61 Å². The fourth-order valence-electron chi connectivity index (χ4n) is 1.98. The maximum Gasteiger partial charge on any atom is 0.129 e. The van der Waals surface area contributed by atoms with Crippen molar-refractivity contribution < 1.29 is 14.2 Å². The van der Waals surface area contributed by atoms with Crippen molar-refractivity contribution in [2.24, 2.45) is 0 Å². The lowest BCUT2D eigenvalue weighted by Crippen LogP contribution is -2.03. The van der Waals surface area contributed by atoms with E-state index in [4.69, 9.17) is 4.74 Å². The van der Waals surface area contributed by atoms with E-state index in [2.05, 4.69) is 22.9 Å². The van der Waals surface area contributed by atoms with Crippen LogP contribution in [0.4, 0.5) is 4.39 Å². The van der Waals surface area contributed by atoms with Crippen LogP contribution in [0.25, 0.3) is 0 Å². The van der Waals surface area contributed by atoms with Crippen LogP contribution in [0.5, 0.6) is 5.75 Å². The summed E-state index contributed by atoms with van der Waals surface area (Å²) in [6.07, 6.45) is 1.10. The number of hydrogen-bond donors (Lipinski definition) is 1. The number of halogens is 2. The molecule has 0 aliphatic rings. The maximum atomic E-state index is 13.8. The first-order valence-electron chi connectivity index (χ1n) is 6.97. The van der Waals surface area contributed by atoms with Crippen molar-refractivity contribution in [3.63, 3.8) is 0 Å². The van der Waals surface area contributed by atoms with E-state index in [9.17, 15) is 9.50 Å². The second-order valence-corrected chi connectivity index (χ2v) is 5.76. The molecule has 0 radical (unpaired) electrons. The van der Waals surface area contributed by atoms with E-state index in [0.29, 0.717) is 12.2 Å². The summed E-state index contributed by atoms with van der Waals surface area (Å²) in [4.78, 5) is 0. The van der Waals surface area contributed by atoms with Crippen LogP contribution in [0.2, 0.25) is 0 Å². The van der Waals surface area contributed by atoms with Gasteiger partial charge in [0.2, 0.25) is 0 Å². The average Bonchev–Trinajstić information content (AvgIpc) is 2.50. The second-order valence-electron chi connectivity index (χ2n) is 4.84. The minimum atomic E-state index is -0.993. The molecule has 112 valence electrons. The third-order valence-electron chi connectivity index (χ3n) is 3.22. The Hall–Kier alpha value is -1.39. The molecule has 0 aromatic heterocycles. The van der Waals surface area contributed by atoms with Gasteiger partial charge in [-0.25, -0.2) is 4.39 Å². The molecule has 0 amide bonds. The van der Waals surface area contributed by atoms with Crippen LogP contribution in [0.1, 0.15) is 37.0 Å². The zero-order chi connectivity index (χ0) is 15.2. The fraction of sp³-hybridized carbons (Fsp3) is 0.294. The minimum absolute atomic E-state index is 0.254. The van der Waals surface area contributed by atoms with Crippen LogP contribution in [0.3, 0.4) is 0 Å². The van der Waals surface area contributed by atoms with Crippen molar-refractivity contribution in [3.05, 3.63) is 63.9 Å². The predicted octanol–water partition coefficient (Wildman–Crippen LogP) is 4.85. The summed E-state index contributed by atoms with van der Waals surface area (Å²) in [7, 11) is 0. The quantitative estimate of drug-likeness (QED) is 0.753. The van der Waals surface area contributed by atoms with E-state index in [1.807, 2.05) is 0 Å². The molecular weight excluding hydrogens is 335 g/mol. The number of aliphatic hydroxyl groups is 1. The molecule has 4 heteroatoms. The molecule has 1 atom stereocenters. The van der Waals surface area contributed by atoms with Gasteiger partial charge in [0, 0.05) is 10.0 Å². The largest absolute Gasteiger partial charge is 0.494 e. The monoisotopic (exact) mass is 352 g/mol. The molecule has 0 saturated carbocycles. The first kappa shape index (κ1) is 16.0. The number of aliphatic hydroxyl groups excluding tert-OH is 1. The van der Waals surface area contributed by atoms with Crippen LogP contribution >= 0.6 is 15.9 Å². The predicted molar refractivity (Wildman–Crippen MR) is 85.0 cm³/mol. The van der Waals surface area contributed by atoms with E-state index in [-0.39, 0.29) is 5.56 Å². The molecule has 0 spiro atoms. The zero-order valence-electron chi connectivity index (χ0n) is 11.9. The van der Waals surface area contributed by atoms with Crippen molar-refractivity contribution >= 4 is 15.9 Å². The van der Waals surface area contributed by atoms with E-state index in [1.54, 1.807) is 36.4 Å². The summed E-state index contributed by atoms with van der Waals surface area (Å²) in [6, 6.07) is 11.6. The summed E-state index contributed by atoms with van der Waals surface area (Å²) in [5.74, 6) is 0.336. The van der Waals surface area contributed by atoms with Crippen LogP contribution in [-0.2, 0) is 0 Å². The highest BCUT2D eigenvalue weighted by Gasteiger charge is 2.15. The van der Waals surface area contributed by atoms with Crippen molar-refractivity contribution in [2.45, 2.75) is 25.9 Å². The number of ether oxygens (including phenoxy) is 1. The molecule has 2 rings (SSSR count). The summed E-state index contributed by atoms with van der Waals surface area (Å²) < 4.78 is 20.1. The average molecular weight is 353 g/mol. The van der Waals surface area contributed by atoms with Gasteiger partial charge in [0.1, 0.15) is 17.7 Å². The van der Waals surface area contributed by atoms with Gasteiger partial charge in [-0.05, 0) is 42.3 Å². The van der Waals surface area contributed by atoms with Crippen molar-refractivity contribution in [1.82, 2.24) is 0 Å². The molecule has 21 heavy (non-hydrogen) atoms. The number of hydrogen-bond acceptors (Lipinski definition) is 2. The van der Waals surface area contributed by atoms with E-state index in [0.717, 1.165) is 23.1 Å². The minimum Gasteiger partial charge on any atom is -0.494 e. The molecule has 1 N–H and O–H groups in total. The van der Waals surface area contributed by atoms with Crippen LogP contribution < -0.4 is 4.74 Å². The SMILES string of the molecule is CCCCOc1ccc(C(O)c2cc(Br)ccc2F)cc1. The molecule has 0 heterocycles. The molecule has 2 aromatic carbocycles. The van der Waals surface area contributed by atoms with Gasteiger partial charge < -0.3 is 9.84 Å². The Kier molecular flexibility index (Phi) is 5.76. The summed E-state index contributed by atoms with van der Waals surface area (Å²) in [5, 5.41) is 10.3. The number of rotatable bonds is 6. The zero-order valence-corrected chi connectivity index (χ0v) is 13.4. The Morgan fingerprint density at radius 2 is 1.90 bits per heavy atom. The van der Waals surface area contributed by atoms with E-state index in [1.165, 1.54) is 6.07 Å².